The SMILES string of the molecule is CC1(Oc2ccc(S(=O)(=O)Nc3nccs3)cc2Cl)CCN(Cc2ccccc2)C1. The van der Waals surface area contributed by atoms with Gasteiger partial charge in [0.05, 0.1) is 9.92 Å². The predicted molar refractivity (Wildman–Crippen MR) is 120 cm³/mol. The van der Waals surface area contributed by atoms with Crippen molar-refractivity contribution in [1.29, 1.82) is 0 Å². The molecule has 1 saturated heterocycles. The lowest BCUT2D eigenvalue weighted by atomic mass is 10.1. The highest BCUT2D eigenvalue weighted by Crippen LogP contribution is 2.34. The Labute approximate surface area is 185 Å². The Bertz CT molecular complexity index is 1110. The number of benzene rings is 2. The Morgan fingerprint density at radius 1 is 1.27 bits per heavy atom. The third kappa shape index (κ3) is 4.95. The first-order chi connectivity index (χ1) is 14.3. The molecule has 1 aliphatic rings. The van der Waals surface area contributed by atoms with E-state index in [2.05, 4.69) is 33.7 Å². The molecule has 3 aromatic rings. The molecule has 1 unspecified atom stereocenters. The highest BCUT2D eigenvalue weighted by molar-refractivity contribution is 7.93. The Morgan fingerprint density at radius 3 is 2.77 bits per heavy atom. The third-order valence-electron chi connectivity index (χ3n) is 4.99. The van der Waals surface area contributed by atoms with Gasteiger partial charge in [0.15, 0.2) is 5.13 Å². The van der Waals surface area contributed by atoms with Crippen molar-refractivity contribution in [3.8, 4) is 5.75 Å². The molecule has 0 amide bonds. The maximum Gasteiger partial charge on any atom is 0.263 e. The lowest BCUT2D eigenvalue weighted by molar-refractivity contribution is 0.0951. The van der Waals surface area contributed by atoms with Crippen LogP contribution in [0.1, 0.15) is 18.9 Å². The number of halogens is 1. The fraction of sp³-hybridized carbons (Fsp3) is 0.286. The summed E-state index contributed by atoms with van der Waals surface area (Å²) >= 11 is 7.59. The van der Waals surface area contributed by atoms with Gasteiger partial charge < -0.3 is 4.74 Å². The summed E-state index contributed by atoms with van der Waals surface area (Å²) in [5, 5.41) is 2.27. The third-order valence-corrected chi connectivity index (χ3v) is 7.44. The second-order valence-corrected chi connectivity index (χ2v) is 10.5. The predicted octanol–water partition coefficient (Wildman–Crippen LogP) is 4.64. The molecular formula is C21H22ClN3O3S2. The maximum absolute atomic E-state index is 12.5. The fourth-order valence-corrected chi connectivity index (χ4v) is 5.63. The second kappa shape index (κ2) is 8.55. The van der Waals surface area contributed by atoms with Gasteiger partial charge in [-0.3, -0.25) is 9.62 Å². The maximum atomic E-state index is 12.5. The van der Waals surface area contributed by atoms with Gasteiger partial charge in [-0.1, -0.05) is 41.9 Å². The molecular weight excluding hydrogens is 442 g/mol. The van der Waals surface area contributed by atoms with E-state index >= 15 is 0 Å². The first kappa shape index (κ1) is 21.1. The van der Waals surface area contributed by atoms with Crippen molar-refractivity contribution < 1.29 is 13.2 Å². The van der Waals surface area contributed by atoms with Crippen LogP contribution in [0.4, 0.5) is 5.13 Å². The summed E-state index contributed by atoms with van der Waals surface area (Å²) in [6, 6.07) is 14.9. The molecule has 1 aromatic heterocycles. The van der Waals surface area contributed by atoms with E-state index in [4.69, 9.17) is 16.3 Å². The van der Waals surface area contributed by atoms with Crippen LogP contribution >= 0.6 is 22.9 Å². The fourth-order valence-electron chi connectivity index (χ4n) is 3.53. The van der Waals surface area contributed by atoms with Gasteiger partial charge in [0.25, 0.3) is 10.0 Å². The highest BCUT2D eigenvalue weighted by Gasteiger charge is 2.36. The summed E-state index contributed by atoms with van der Waals surface area (Å²) in [5.41, 5.74) is 0.875. The van der Waals surface area contributed by atoms with E-state index in [0.717, 1.165) is 26.1 Å². The zero-order valence-corrected chi connectivity index (χ0v) is 18.8. The molecule has 1 N–H and O–H groups in total. The molecule has 4 rings (SSSR count). The molecule has 0 spiro atoms. The highest BCUT2D eigenvalue weighted by atomic mass is 35.5. The van der Waals surface area contributed by atoms with Crippen LogP contribution in [-0.4, -0.2) is 37.0 Å². The van der Waals surface area contributed by atoms with Gasteiger partial charge >= 0.3 is 0 Å². The van der Waals surface area contributed by atoms with Crippen molar-refractivity contribution in [3.05, 3.63) is 70.7 Å². The average Bonchev–Trinajstić information content (AvgIpc) is 3.34. The number of ether oxygens (including phenoxy) is 1. The minimum atomic E-state index is -3.76. The smallest absolute Gasteiger partial charge is 0.263 e. The Balaban J connectivity index is 1.43. The van der Waals surface area contributed by atoms with E-state index in [1.807, 2.05) is 18.2 Å². The molecule has 0 aliphatic carbocycles. The topological polar surface area (TPSA) is 71.5 Å². The van der Waals surface area contributed by atoms with E-state index in [1.165, 1.54) is 35.2 Å². The van der Waals surface area contributed by atoms with Gasteiger partial charge in [-0.05, 0) is 30.7 Å². The number of likely N-dealkylation sites (tertiary alicyclic amines) is 1. The largest absolute Gasteiger partial charge is 0.485 e. The molecule has 30 heavy (non-hydrogen) atoms. The molecule has 0 radical (unpaired) electrons. The van der Waals surface area contributed by atoms with E-state index in [0.29, 0.717) is 10.9 Å². The number of hydrogen-bond acceptors (Lipinski definition) is 6. The van der Waals surface area contributed by atoms with Crippen LogP contribution in [0.5, 0.6) is 5.75 Å². The number of hydrogen-bond donors (Lipinski definition) is 1. The molecule has 1 atom stereocenters. The second-order valence-electron chi connectivity index (χ2n) is 7.53. The first-order valence-electron chi connectivity index (χ1n) is 9.50. The number of nitrogens with one attached hydrogen (secondary N) is 1. The molecule has 9 heteroatoms. The first-order valence-corrected chi connectivity index (χ1v) is 12.2. The van der Waals surface area contributed by atoms with Crippen LogP contribution in [0.3, 0.4) is 0 Å². The van der Waals surface area contributed by atoms with E-state index in [9.17, 15) is 8.42 Å². The standard InChI is InChI=1S/C21H22ClN3O3S2/c1-21(9-11-25(15-21)14-16-5-3-2-4-6-16)28-19-8-7-17(13-18(19)22)30(26,27)24-20-23-10-12-29-20/h2-8,10,12-13H,9,11,14-15H2,1H3,(H,23,24). The van der Waals surface area contributed by atoms with E-state index in [-0.39, 0.29) is 9.92 Å². The summed E-state index contributed by atoms with van der Waals surface area (Å²) < 4.78 is 33.8. The van der Waals surface area contributed by atoms with Crippen molar-refractivity contribution in [2.45, 2.75) is 30.4 Å². The molecule has 158 valence electrons. The molecule has 1 fully saturated rings. The number of nitrogens with zero attached hydrogens (tertiary/aromatic N) is 2. The van der Waals surface area contributed by atoms with Gasteiger partial charge in [-0.2, -0.15) is 0 Å². The molecule has 0 saturated carbocycles. The average molecular weight is 464 g/mol. The van der Waals surface area contributed by atoms with Crippen molar-refractivity contribution in [2.75, 3.05) is 17.8 Å². The van der Waals surface area contributed by atoms with Gasteiger partial charge in [0.2, 0.25) is 0 Å². The van der Waals surface area contributed by atoms with Gasteiger partial charge in [0.1, 0.15) is 11.4 Å². The number of thiazole rings is 1. The molecule has 2 heterocycles. The van der Waals surface area contributed by atoms with E-state index < -0.39 is 15.6 Å². The quantitative estimate of drug-likeness (QED) is 0.552. The number of rotatable bonds is 7. The Hall–Kier alpha value is -2.13. The lowest BCUT2D eigenvalue weighted by Crippen LogP contribution is -2.36. The monoisotopic (exact) mass is 463 g/mol. The Kier molecular flexibility index (Phi) is 6.02. The summed E-state index contributed by atoms with van der Waals surface area (Å²) in [4.78, 5) is 6.36. The van der Waals surface area contributed by atoms with Crippen molar-refractivity contribution in [2.24, 2.45) is 0 Å². The summed E-state index contributed by atoms with van der Waals surface area (Å²) in [7, 11) is -3.76. The van der Waals surface area contributed by atoms with Crippen LogP contribution < -0.4 is 9.46 Å². The number of sulfonamides is 1. The molecule has 6 nitrogen and oxygen atoms in total. The Morgan fingerprint density at radius 2 is 2.07 bits per heavy atom. The zero-order chi connectivity index (χ0) is 21.2. The van der Waals surface area contributed by atoms with Crippen LogP contribution in [0, 0.1) is 0 Å². The summed E-state index contributed by atoms with van der Waals surface area (Å²) in [6.07, 6.45) is 2.40. The van der Waals surface area contributed by atoms with Gasteiger partial charge in [0, 0.05) is 37.6 Å². The number of anilines is 1. The normalized spacial score (nSPS) is 19.7. The van der Waals surface area contributed by atoms with Crippen molar-refractivity contribution in [3.63, 3.8) is 0 Å². The number of aromatic nitrogens is 1. The molecule has 2 aromatic carbocycles. The van der Waals surface area contributed by atoms with Crippen LogP contribution in [0.25, 0.3) is 0 Å². The zero-order valence-electron chi connectivity index (χ0n) is 16.4. The summed E-state index contributed by atoms with van der Waals surface area (Å²) in [5.74, 6) is 0.480. The van der Waals surface area contributed by atoms with Gasteiger partial charge in [-0.15, -0.1) is 11.3 Å². The van der Waals surface area contributed by atoms with Crippen LogP contribution in [0.15, 0.2) is 65.0 Å². The van der Waals surface area contributed by atoms with Gasteiger partial charge in [-0.25, -0.2) is 13.4 Å². The summed E-state index contributed by atoms with van der Waals surface area (Å²) in [6.45, 7) is 4.62. The van der Waals surface area contributed by atoms with Crippen molar-refractivity contribution >= 4 is 38.1 Å². The van der Waals surface area contributed by atoms with Crippen molar-refractivity contribution in [1.82, 2.24) is 9.88 Å². The van der Waals surface area contributed by atoms with E-state index in [1.54, 1.807) is 11.4 Å². The molecule has 1 aliphatic heterocycles. The van der Waals surface area contributed by atoms with Crippen LogP contribution in [0.2, 0.25) is 5.02 Å². The minimum absolute atomic E-state index is 0.0670. The minimum Gasteiger partial charge on any atom is -0.485 e. The molecule has 0 bridgehead atoms. The van der Waals surface area contributed by atoms with Crippen LogP contribution in [-0.2, 0) is 16.6 Å². The lowest BCUT2D eigenvalue weighted by Gasteiger charge is -2.27.